The molecule has 0 bridgehead atoms. The number of hydrogen-bond acceptors (Lipinski definition) is 4. The van der Waals surface area contributed by atoms with Gasteiger partial charge in [0.2, 0.25) is 5.82 Å². The van der Waals surface area contributed by atoms with Gasteiger partial charge in [0.25, 0.3) is 5.89 Å². The van der Waals surface area contributed by atoms with E-state index in [-0.39, 0.29) is 6.04 Å². The molecule has 5 rings (SSSR count). The molecule has 182 valence electrons. The average Bonchev–Trinajstić information content (AvgIpc) is 3.30. The van der Waals surface area contributed by atoms with Crippen LogP contribution in [0.4, 0.5) is 5.69 Å². The van der Waals surface area contributed by atoms with E-state index >= 15 is 0 Å². The van der Waals surface area contributed by atoms with E-state index in [0.717, 1.165) is 28.1 Å². The number of nitrogens with one attached hydrogen (secondary N) is 1. The molecular weight excluding hydrogens is 464 g/mol. The highest BCUT2D eigenvalue weighted by atomic mass is 32.1. The van der Waals surface area contributed by atoms with Gasteiger partial charge in [-0.1, -0.05) is 59.3 Å². The fourth-order valence-corrected chi connectivity index (χ4v) is 5.12. The number of nitrogens with zero attached hydrogens (tertiary/aromatic N) is 3. The lowest BCUT2D eigenvalue weighted by atomic mass is 9.92. The number of allylic oxidation sites excluding steroid dienone is 1. The van der Waals surface area contributed by atoms with Crippen molar-refractivity contribution in [2.45, 2.75) is 47.6 Å². The summed E-state index contributed by atoms with van der Waals surface area (Å²) in [5, 5.41) is 8.55. The Morgan fingerprint density at radius 2 is 1.50 bits per heavy atom. The highest BCUT2D eigenvalue weighted by Gasteiger charge is 2.35. The largest absolute Gasteiger partial charge is 0.351 e. The minimum absolute atomic E-state index is 0.217. The van der Waals surface area contributed by atoms with Gasteiger partial charge < -0.3 is 9.84 Å². The van der Waals surface area contributed by atoms with Gasteiger partial charge in [-0.05, 0) is 93.7 Å². The van der Waals surface area contributed by atoms with Crippen LogP contribution in [0.1, 0.15) is 52.2 Å². The van der Waals surface area contributed by atoms with Crippen LogP contribution in [0, 0.1) is 34.6 Å². The van der Waals surface area contributed by atoms with E-state index in [1.54, 1.807) is 0 Å². The van der Waals surface area contributed by atoms with Gasteiger partial charge in [0.15, 0.2) is 5.11 Å². The van der Waals surface area contributed by atoms with Crippen LogP contribution in [0.15, 0.2) is 70.9 Å². The van der Waals surface area contributed by atoms with Gasteiger partial charge in [-0.3, -0.25) is 4.90 Å². The maximum Gasteiger partial charge on any atom is 0.258 e. The first kappa shape index (κ1) is 23.9. The first-order valence-corrected chi connectivity index (χ1v) is 12.5. The van der Waals surface area contributed by atoms with Gasteiger partial charge in [0, 0.05) is 16.9 Å². The molecule has 1 aliphatic rings. The van der Waals surface area contributed by atoms with Gasteiger partial charge >= 0.3 is 0 Å². The number of rotatable bonds is 4. The van der Waals surface area contributed by atoms with Crippen molar-refractivity contribution in [2.24, 2.45) is 0 Å². The minimum Gasteiger partial charge on any atom is -0.351 e. The summed E-state index contributed by atoms with van der Waals surface area (Å²) >= 11 is 5.92. The molecule has 0 radical (unpaired) electrons. The Hall–Kier alpha value is -3.77. The average molecular weight is 495 g/mol. The predicted molar refractivity (Wildman–Crippen MR) is 150 cm³/mol. The van der Waals surface area contributed by atoms with Gasteiger partial charge in [0.1, 0.15) is 0 Å². The van der Waals surface area contributed by atoms with Crippen molar-refractivity contribution in [1.82, 2.24) is 15.5 Å². The quantitative estimate of drug-likeness (QED) is 0.304. The van der Waals surface area contributed by atoms with Crippen LogP contribution >= 0.6 is 12.2 Å². The van der Waals surface area contributed by atoms with E-state index < -0.39 is 0 Å². The van der Waals surface area contributed by atoms with E-state index in [1.165, 1.54) is 27.8 Å². The topological polar surface area (TPSA) is 54.2 Å². The highest BCUT2D eigenvalue weighted by molar-refractivity contribution is 7.80. The van der Waals surface area contributed by atoms with Crippen molar-refractivity contribution < 1.29 is 4.52 Å². The summed E-state index contributed by atoms with van der Waals surface area (Å²) in [4.78, 5) is 6.91. The standard InChI is InChI=1S/C30H30N4OS/c1-17-7-10-23(11-8-17)28-32-29(35-33-28)26-22(6)34(25-14-18(2)13-19(3)15-25)30(36)31-27(26)24-12-9-20(4)21(5)16-24/h7-16,27H,1-6H3,(H,31,36). The zero-order chi connectivity index (χ0) is 25.6. The number of aromatic nitrogens is 2. The molecule has 1 aromatic heterocycles. The monoisotopic (exact) mass is 494 g/mol. The molecule has 0 spiro atoms. The van der Waals surface area contributed by atoms with Crippen LogP contribution in [0.25, 0.3) is 17.0 Å². The number of anilines is 1. The highest BCUT2D eigenvalue weighted by Crippen LogP contribution is 2.40. The third-order valence-electron chi connectivity index (χ3n) is 6.78. The lowest BCUT2D eigenvalue weighted by molar-refractivity contribution is 0.404. The van der Waals surface area contributed by atoms with Crippen LogP contribution in [0.5, 0.6) is 0 Å². The molecule has 0 amide bonds. The third-order valence-corrected chi connectivity index (χ3v) is 7.08. The van der Waals surface area contributed by atoms with Crippen LogP contribution in [0.3, 0.4) is 0 Å². The first-order chi connectivity index (χ1) is 17.2. The number of thiocarbonyl (C=S) groups is 1. The summed E-state index contributed by atoms with van der Waals surface area (Å²) in [7, 11) is 0. The maximum atomic E-state index is 5.92. The second-order valence-electron chi connectivity index (χ2n) is 9.70. The Morgan fingerprint density at radius 3 is 2.17 bits per heavy atom. The molecule has 1 unspecified atom stereocenters. The Bertz CT molecular complexity index is 1480. The Kier molecular flexibility index (Phi) is 6.22. The molecule has 1 aliphatic heterocycles. The molecule has 0 saturated carbocycles. The van der Waals surface area contributed by atoms with Gasteiger partial charge in [0.05, 0.1) is 11.6 Å². The Labute approximate surface area is 217 Å². The zero-order valence-corrected chi connectivity index (χ0v) is 22.3. The molecule has 0 fully saturated rings. The smallest absolute Gasteiger partial charge is 0.258 e. The van der Waals surface area contributed by atoms with Crippen molar-refractivity contribution in [3.05, 3.63) is 106 Å². The number of benzene rings is 3. The molecule has 1 N–H and O–H groups in total. The molecule has 5 nitrogen and oxygen atoms in total. The van der Waals surface area contributed by atoms with Crippen LogP contribution in [-0.4, -0.2) is 15.3 Å². The molecule has 0 saturated heterocycles. The SMILES string of the molecule is CC1=C(c2nc(-c3ccc(C)cc3)no2)C(c2ccc(C)c(C)c2)NC(=S)N1c1cc(C)cc(C)c1. The zero-order valence-electron chi connectivity index (χ0n) is 21.5. The van der Waals surface area contributed by atoms with Crippen LogP contribution in [0.2, 0.25) is 0 Å². The number of aryl methyl sites for hydroxylation is 5. The molecule has 6 heteroatoms. The molecule has 1 atom stereocenters. The summed E-state index contributed by atoms with van der Waals surface area (Å²) < 4.78 is 5.90. The third kappa shape index (κ3) is 4.44. The van der Waals surface area contributed by atoms with Crippen LogP contribution < -0.4 is 10.2 Å². The molecular formula is C30H30N4OS. The molecule has 36 heavy (non-hydrogen) atoms. The molecule has 4 aromatic rings. The minimum atomic E-state index is -0.217. The van der Waals surface area contributed by atoms with Crippen molar-refractivity contribution in [2.75, 3.05) is 4.90 Å². The first-order valence-electron chi connectivity index (χ1n) is 12.1. The summed E-state index contributed by atoms with van der Waals surface area (Å²) in [5.74, 6) is 1.05. The Balaban J connectivity index is 1.68. The van der Waals surface area contributed by atoms with E-state index in [9.17, 15) is 0 Å². The summed E-state index contributed by atoms with van der Waals surface area (Å²) in [6.07, 6.45) is 0. The molecule has 2 heterocycles. The Morgan fingerprint density at radius 1 is 0.806 bits per heavy atom. The van der Waals surface area contributed by atoms with Gasteiger partial charge in [-0.25, -0.2) is 0 Å². The van der Waals surface area contributed by atoms with E-state index in [1.807, 2.05) is 12.1 Å². The van der Waals surface area contributed by atoms with Crippen LogP contribution in [-0.2, 0) is 0 Å². The second-order valence-corrected chi connectivity index (χ2v) is 10.1. The van der Waals surface area contributed by atoms with Crippen molar-refractivity contribution in [1.29, 1.82) is 0 Å². The lowest BCUT2D eigenvalue weighted by Crippen LogP contribution is -2.46. The van der Waals surface area contributed by atoms with Gasteiger partial charge in [-0.15, -0.1) is 0 Å². The van der Waals surface area contributed by atoms with E-state index in [4.69, 9.17) is 21.7 Å². The summed E-state index contributed by atoms with van der Waals surface area (Å²) in [6.45, 7) is 12.6. The van der Waals surface area contributed by atoms with E-state index in [0.29, 0.717) is 16.8 Å². The number of hydrogen-bond donors (Lipinski definition) is 1. The van der Waals surface area contributed by atoms with Gasteiger partial charge in [-0.2, -0.15) is 4.98 Å². The van der Waals surface area contributed by atoms with Crippen molar-refractivity contribution in [3.8, 4) is 11.4 Å². The summed E-state index contributed by atoms with van der Waals surface area (Å²) in [6, 6.07) is 20.8. The summed E-state index contributed by atoms with van der Waals surface area (Å²) in [5.41, 5.74) is 10.9. The van der Waals surface area contributed by atoms with Crippen molar-refractivity contribution >= 4 is 28.6 Å². The maximum absolute atomic E-state index is 5.92. The normalized spacial score (nSPS) is 15.9. The van der Waals surface area contributed by atoms with Crippen molar-refractivity contribution in [3.63, 3.8) is 0 Å². The van der Waals surface area contributed by atoms with E-state index in [2.05, 4.69) is 105 Å². The predicted octanol–water partition coefficient (Wildman–Crippen LogP) is 7.15. The molecule has 3 aromatic carbocycles. The lowest BCUT2D eigenvalue weighted by Gasteiger charge is -2.37. The molecule has 0 aliphatic carbocycles. The fraction of sp³-hybridized carbons (Fsp3) is 0.233. The second kappa shape index (κ2) is 9.36. The fourth-order valence-electron chi connectivity index (χ4n) is 4.76.